The number of hydrogen-bond donors (Lipinski definition) is 0. The summed E-state index contributed by atoms with van der Waals surface area (Å²) in [6.07, 6.45) is 0. The van der Waals surface area contributed by atoms with Crippen molar-refractivity contribution in [1.82, 2.24) is 0 Å². The van der Waals surface area contributed by atoms with Gasteiger partial charge in [-0.15, -0.1) is 0 Å². The van der Waals surface area contributed by atoms with Gasteiger partial charge in [-0.2, -0.15) is 0 Å². The molecule has 0 amide bonds. The Labute approximate surface area is 86.3 Å². The first-order chi connectivity index (χ1) is 6.19. The van der Waals surface area contributed by atoms with Gasteiger partial charge in [0.15, 0.2) is 11.5 Å². The van der Waals surface area contributed by atoms with Crippen LogP contribution in [0.3, 0.4) is 0 Å². The van der Waals surface area contributed by atoms with Gasteiger partial charge in [-0.1, -0.05) is 22.5 Å². The van der Waals surface area contributed by atoms with Crippen LogP contribution >= 0.6 is 15.9 Å². The summed E-state index contributed by atoms with van der Waals surface area (Å²) in [5, 5.41) is 0. The van der Waals surface area contributed by atoms with E-state index in [1.54, 1.807) is 14.2 Å². The maximum absolute atomic E-state index is 5.14. The molecule has 0 N–H and O–H groups in total. The predicted molar refractivity (Wildman–Crippen MR) is 57.5 cm³/mol. The van der Waals surface area contributed by atoms with Crippen molar-refractivity contribution in [3.63, 3.8) is 0 Å². The number of methoxy groups -OCH3 is 2. The first kappa shape index (κ1) is 10.1. The molecular weight excluding hydrogens is 232 g/mol. The average molecular weight is 243 g/mol. The van der Waals surface area contributed by atoms with Crippen LogP contribution in [0.15, 0.2) is 24.8 Å². The topological polar surface area (TPSA) is 18.5 Å². The van der Waals surface area contributed by atoms with Crippen molar-refractivity contribution in [1.29, 1.82) is 0 Å². The number of benzene rings is 1. The van der Waals surface area contributed by atoms with Gasteiger partial charge in [0.2, 0.25) is 0 Å². The van der Waals surface area contributed by atoms with Gasteiger partial charge in [-0.25, -0.2) is 0 Å². The van der Waals surface area contributed by atoms with E-state index in [0.717, 1.165) is 15.8 Å². The Morgan fingerprint density at radius 3 is 2.31 bits per heavy atom. The van der Waals surface area contributed by atoms with Crippen LogP contribution < -0.4 is 9.47 Å². The van der Waals surface area contributed by atoms with Crippen molar-refractivity contribution in [2.24, 2.45) is 0 Å². The van der Waals surface area contributed by atoms with Crippen molar-refractivity contribution >= 4 is 20.4 Å². The van der Waals surface area contributed by atoms with Crippen molar-refractivity contribution in [2.75, 3.05) is 14.2 Å². The number of ether oxygens (including phenoxy) is 2. The van der Waals surface area contributed by atoms with E-state index in [1.807, 2.05) is 18.2 Å². The molecule has 0 aliphatic heterocycles. The molecule has 0 radical (unpaired) electrons. The Balaban J connectivity index is 3.13. The van der Waals surface area contributed by atoms with Gasteiger partial charge < -0.3 is 9.47 Å². The van der Waals surface area contributed by atoms with Gasteiger partial charge in [-0.3, -0.25) is 0 Å². The highest BCUT2D eigenvalue weighted by Crippen LogP contribution is 2.31. The third-order valence-electron chi connectivity index (χ3n) is 1.70. The van der Waals surface area contributed by atoms with Gasteiger partial charge in [0, 0.05) is 4.48 Å². The normalized spacial score (nSPS) is 9.46. The van der Waals surface area contributed by atoms with Crippen molar-refractivity contribution in [2.45, 2.75) is 0 Å². The summed E-state index contributed by atoms with van der Waals surface area (Å²) in [7, 11) is 3.22. The smallest absolute Gasteiger partial charge is 0.161 e. The lowest BCUT2D eigenvalue weighted by atomic mass is 10.2. The molecule has 0 spiro atoms. The molecule has 70 valence electrons. The lowest BCUT2D eigenvalue weighted by Crippen LogP contribution is -1.90. The first-order valence-corrected chi connectivity index (χ1v) is 4.55. The van der Waals surface area contributed by atoms with E-state index in [2.05, 4.69) is 22.5 Å². The second-order valence-electron chi connectivity index (χ2n) is 2.47. The molecule has 3 heteroatoms. The van der Waals surface area contributed by atoms with Gasteiger partial charge in [-0.05, 0) is 23.8 Å². The maximum atomic E-state index is 5.14. The van der Waals surface area contributed by atoms with E-state index >= 15 is 0 Å². The zero-order valence-corrected chi connectivity index (χ0v) is 9.22. The summed E-state index contributed by atoms with van der Waals surface area (Å²) in [5.41, 5.74) is 0.984. The molecule has 2 nitrogen and oxygen atoms in total. The standard InChI is InChI=1S/C10H11BrO2/c1-7(11)8-4-5-9(12-2)10(6-8)13-3/h4-6H,1H2,2-3H3. The van der Waals surface area contributed by atoms with Crippen LogP contribution in [0.4, 0.5) is 0 Å². The Morgan fingerprint density at radius 2 is 1.85 bits per heavy atom. The summed E-state index contributed by atoms with van der Waals surface area (Å²) in [4.78, 5) is 0. The van der Waals surface area contributed by atoms with Gasteiger partial charge in [0.1, 0.15) is 0 Å². The minimum atomic E-state index is 0.709. The lowest BCUT2D eigenvalue weighted by molar-refractivity contribution is 0.355. The molecule has 0 aromatic heterocycles. The molecule has 0 bridgehead atoms. The highest BCUT2D eigenvalue weighted by atomic mass is 79.9. The van der Waals surface area contributed by atoms with Crippen LogP contribution in [0, 0.1) is 0 Å². The average Bonchev–Trinajstić information content (AvgIpc) is 2.16. The van der Waals surface area contributed by atoms with Gasteiger partial charge in [0.25, 0.3) is 0 Å². The van der Waals surface area contributed by atoms with E-state index < -0.39 is 0 Å². The van der Waals surface area contributed by atoms with Gasteiger partial charge >= 0.3 is 0 Å². The molecule has 0 saturated heterocycles. The van der Waals surface area contributed by atoms with Crippen molar-refractivity contribution < 1.29 is 9.47 Å². The first-order valence-electron chi connectivity index (χ1n) is 3.76. The second-order valence-corrected chi connectivity index (χ2v) is 3.43. The van der Waals surface area contributed by atoms with E-state index in [0.29, 0.717) is 5.75 Å². The van der Waals surface area contributed by atoms with E-state index in [9.17, 15) is 0 Å². The lowest BCUT2D eigenvalue weighted by Gasteiger charge is -2.08. The number of rotatable bonds is 3. The highest BCUT2D eigenvalue weighted by molar-refractivity contribution is 9.15. The Morgan fingerprint density at radius 1 is 1.23 bits per heavy atom. The van der Waals surface area contributed by atoms with Crippen LogP contribution in [0.1, 0.15) is 5.56 Å². The minimum absolute atomic E-state index is 0.709. The summed E-state index contributed by atoms with van der Waals surface area (Å²) >= 11 is 3.30. The fourth-order valence-corrected chi connectivity index (χ4v) is 1.25. The van der Waals surface area contributed by atoms with Crippen molar-refractivity contribution in [3.8, 4) is 11.5 Å². The maximum Gasteiger partial charge on any atom is 0.161 e. The molecule has 0 aliphatic carbocycles. The largest absolute Gasteiger partial charge is 0.493 e. The molecule has 1 aromatic carbocycles. The molecule has 1 aromatic rings. The van der Waals surface area contributed by atoms with Crippen LogP contribution in [0.25, 0.3) is 4.48 Å². The highest BCUT2D eigenvalue weighted by Gasteiger charge is 2.04. The third-order valence-corrected chi connectivity index (χ3v) is 2.15. The van der Waals surface area contributed by atoms with Gasteiger partial charge in [0.05, 0.1) is 14.2 Å². The summed E-state index contributed by atoms with van der Waals surface area (Å²) in [6, 6.07) is 5.63. The third kappa shape index (κ3) is 2.25. The predicted octanol–water partition coefficient (Wildman–Crippen LogP) is 3.07. The summed E-state index contributed by atoms with van der Waals surface area (Å²) in [5.74, 6) is 1.43. The quantitative estimate of drug-likeness (QED) is 0.812. The molecule has 1 rings (SSSR count). The zero-order chi connectivity index (χ0) is 9.84. The molecule has 0 heterocycles. The van der Waals surface area contributed by atoms with Crippen molar-refractivity contribution in [3.05, 3.63) is 30.3 Å². The molecule has 13 heavy (non-hydrogen) atoms. The SMILES string of the molecule is C=C(Br)c1ccc(OC)c(OC)c1. The fourth-order valence-electron chi connectivity index (χ4n) is 1.00. The van der Waals surface area contributed by atoms with Crippen LogP contribution in [-0.4, -0.2) is 14.2 Å². The van der Waals surface area contributed by atoms with Crippen LogP contribution in [0.5, 0.6) is 11.5 Å². The number of halogens is 1. The fraction of sp³-hybridized carbons (Fsp3) is 0.200. The van der Waals surface area contributed by atoms with E-state index in [4.69, 9.17) is 9.47 Å². The molecule has 0 unspecified atom stereocenters. The molecule has 0 saturated carbocycles. The second kappa shape index (κ2) is 4.33. The number of hydrogen-bond acceptors (Lipinski definition) is 2. The summed E-state index contributed by atoms with van der Waals surface area (Å²) in [6.45, 7) is 3.78. The van der Waals surface area contributed by atoms with Crippen LogP contribution in [-0.2, 0) is 0 Å². The molecule has 0 aliphatic rings. The minimum Gasteiger partial charge on any atom is -0.493 e. The molecule has 0 fully saturated rings. The van der Waals surface area contributed by atoms with Crippen LogP contribution in [0.2, 0.25) is 0 Å². The molecule has 0 atom stereocenters. The monoisotopic (exact) mass is 242 g/mol. The zero-order valence-electron chi connectivity index (χ0n) is 7.63. The summed E-state index contributed by atoms with van der Waals surface area (Å²) < 4.78 is 11.1. The Kier molecular flexibility index (Phi) is 3.37. The Bertz CT molecular complexity index is 321. The molecular formula is C10H11BrO2. The van der Waals surface area contributed by atoms with E-state index in [1.165, 1.54) is 0 Å². The van der Waals surface area contributed by atoms with E-state index in [-0.39, 0.29) is 0 Å². The Hall–Kier alpha value is -0.960.